The second-order valence-electron chi connectivity index (χ2n) is 6.08. The molecule has 3 nitrogen and oxygen atoms in total. The van der Waals surface area contributed by atoms with Crippen molar-refractivity contribution in [3.63, 3.8) is 0 Å². The van der Waals surface area contributed by atoms with Gasteiger partial charge >= 0.3 is 0 Å². The molecule has 1 fully saturated rings. The summed E-state index contributed by atoms with van der Waals surface area (Å²) in [6.45, 7) is 7.21. The molecule has 1 amide bonds. The summed E-state index contributed by atoms with van der Waals surface area (Å²) >= 11 is 0. The Morgan fingerprint density at radius 3 is 2.53 bits per heavy atom. The standard InChI is InChI=1S/C16H24N2O/c1-12-11-18(4)13(2)10-16(12,17-14(3)19)15-8-6-5-7-9-15/h5-9,12-13H,10-11H2,1-4H3,(H,17,19)/p+1/t12-,13+,16+/m1/s1. The third-order valence-corrected chi connectivity index (χ3v) is 4.63. The van der Waals surface area contributed by atoms with Crippen molar-refractivity contribution in [2.75, 3.05) is 13.6 Å². The Morgan fingerprint density at radius 2 is 1.95 bits per heavy atom. The molecule has 19 heavy (non-hydrogen) atoms. The first-order valence-corrected chi connectivity index (χ1v) is 7.12. The van der Waals surface area contributed by atoms with Crippen molar-refractivity contribution in [2.45, 2.75) is 38.8 Å². The molecule has 0 radical (unpaired) electrons. The van der Waals surface area contributed by atoms with Gasteiger partial charge in [0.1, 0.15) is 0 Å². The van der Waals surface area contributed by atoms with Crippen molar-refractivity contribution < 1.29 is 9.69 Å². The van der Waals surface area contributed by atoms with Gasteiger partial charge in [-0.3, -0.25) is 4.79 Å². The molecule has 0 aromatic heterocycles. The van der Waals surface area contributed by atoms with Gasteiger partial charge in [0, 0.05) is 19.3 Å². The van der Waals surface area contributed by atoms with E-state index in [0.29, 0.717) is 12.0 Å². The molecule has 4 atom stereocenters. The fraction of sp³-hybridized carbons (Fsp3) is 0.562. The Kier molecular flexibility index (Phi) is 3.95. The van der Waals surface area contributed by atoms with Crippen molar-refractivity contribution in [1.29, 1.82) is 0 Å². The van der Waals surface area contributed by atoms with Crippen LogP contribution in [0.2, 0.25) is 0 Å². The molecule has 1 unspecified atom stereocenters. The SMILES string of the molecule is CC(=O)N[C@@]1(c2ccccc2)C[C@H](C)[NH+](C)C[C@H]1C. The predicted octanol–water partition coefficient (Wildman–Crippen LogP) is 0.961. The number of hydrogen-bond donors (Lipinski definition) is 2. The van der Waals surface area contributed by atoms with Gasteiger partial charge in [-0.1, -0.05) is 37.3 Å². The Labute approximate surface area is 116 Å². The summed E-state index contributed by atoms with van der Waals surface area (Å²) in [6, 6.07) is 11.0. The van der Waals surface area contributed by atoms with Gasteiger partial charge in [-0.25, -0.2) is 0 Å². The summed E-state index contributed by atoms with van der Waals surface area (Å²) in [6.07, 6.45) is 0.990. The highest BCUT2D eigenvalue weighted by atomic mass is 16.1. The van der Waals surface area contributed by atoms with E-state index in [0.717, 1.165) is 13.0 Å². The summed E-state index contributed by atoms with van der Waals surface area (Å²) in [5.41, 5.74) is 1.02. The molecule has 0 aliphatic carbocycles. The number of carbonyl (C=O) groups excluding carboxylic acids is 1. The number of rotatable bonds is 2. The molecule has 1 aromatic carbocycles. The van der Waals surface area contributed by atoms with Crippen molar-refractivity contribution in [3.8, 4) is 0 Å². The zero-order valence-electron chi connectivity index (χ0n) is 12.4. The molecule has 2 rings (SSSR count). The first-order chi connectivity index (χ1) is 8.95. The Balaban J connectivity index is 2.43. The summed E-state index contributed by atoms with van der Waals surface area (Å²) < 4.78 is 0. The zero-order valence-corrected chi connectivity index (χ0v) is 12.4. The number of hydrogen-bond acceptors (Lipinski definition) is 1. The van der Waals surface area contributed by atoms with Crippen molar-refractivity contribution >= 4 is 5.91 Å². The molecular weight excluding hydrogens is 236 g/mol. The van der Waals surface area contributed by atoms with E-state index in [1.807, 2.05) is 6.07 Å². The topological polar surface area (TPSA) is 33.5 Å². The van der Waals surface area contributed by atoms with Gasteiger partial charge in [-0.05, 0) is 12.5 Å². The summed E-state index contributed by atoms with van der Waals surface area (Å²) in [4.78, 5) is 13.3. The summed E-state index contributed by atoms with van der Waals surface area (Å²) in [7, 11) is 2.24. The van der Waals surface area contributed by atoms with Crippen LogP contribution in [-0.4, -0.2) is 25.5 Å². The molecule has 1 aliphatic rings. The minimum Gasteiger partial charge on any atom is -0.346 e. The number of benzene rings is 1. The maximum atomic E-state index is 11.7. The van der Waals surface area contributed by atoms with E-state index >= 15 is 0 Å². The molecule has 0 saturated carbocycles. The van der Waals surface area contributed by atoms with Crippen LogP contribution in [0.25, 0.3) is 0 Å². The van der Waals surface area contributed by atoms with E-state index in [4.69, 9.17) is 0 Å². The number of nitrogens with one attached hydrogen (secondary N) is 2. The van der Waals surface area contributed by atoms with Crippen molar-refractivity contribution in [2.24, 2.45) is 5.92 Å². The second-order valence-corrected chi connectivity index (χ2v) is 6.08. The van der Waals surface area contributed by atoms with Gasteiger partial charge in [0.25, 0.3) is 0 Å². The van der Waals surface area contributed by atoms with E-state index in [1.54, 1.807) is 11.8 Å². The van der Waals surface area contributed by atoms with E-state index in [-0.39, 0.29) is 11.4 Å². The van der Waals surface area contributed by atoms with Crippen LogP contribution in [0.4, 0.5) is 0 Å². The van der Waals surface area contributed by atoms with Gasteiger partial charge in [-0.2, -0.15) is 0 Å². The Hall–Kier alpha value is -1.35. The van der Waals surface area contributed by atoms with E-state index < -0.39 is 0 Å². The molecule has 0 spiro atoms. The number of quaternary nitrogens is 1. The second kappa shape index (κ2) is 5.33. The molecule has 1 saturated heterocycles. The van der Waals surface area contributed by atoms with Gasteiger partial charge in [0.15, 0.2) is 0 Å². The monoisotopic (exact) mass is 261 g/mol. The lowest BCUT2D eigenvalue weighted by Crippen LogP contribution is -3.15. The third-order valence-electron chi connectivity index (χ3n) is 4.63. The first-order valence-electron chi connectivity index (χ1n) is 7.12. The number of amides is 1. The average molecular weight is 261 g/mol. The third kappa shape index (κ3) is 2.66. The van der Waals surface area contributed by atoms with Crippen LogP contribution in [0.1, 0.15) is 32.8 Å². The number of likely N-dealkylation sites (tertiary alicyclic amines) is 1. The lowest BCUT2D eigenvalue weighted by molar-refractivity contribution is -0.915. The smallest absolute Gasteiger partial charge is 0.217 e. The van der Waals surface area contributed by atoms with Crippen LogP contribution >= 0.6 is 0 Å². The van der Waals surface area contributed by atoms with Crippen LogP contribution in [0.5, 0.6) is 0 Å². The highest BCUT2D eigenvalue weighted by molar-refractivity contribution is 5.74. The summed E-state index contributed by atoms with van der Waals surface area (Å²) in [5, 5.41) is 3.26. The first kappa shape index (κ1) is 14.1. The van der Waals surface area contributed by atoms with E-state index in [9.17, 15) is 4.79 Å². The fourth-order valence-electron chi connectivity index (χ4n) is 3.42. The minimum absolute atomic E-state index is 0.0578. The van der Waals surface area contributed by atoms with Gasteiger partial charge in [0.2, 0.25) is 5.91 Å². The molecule has 1 heterocycles. The average Bonchev–Trinajstić information content (AvgIpc) is 2.36. The Bertz CT molecular complexity index is 445. The van der Waals surface area contributed by atoms with Gasteiger partial charge < -0.3 is 10.2 Å². The molecule has 3 heteroatoms. The quantitative estimate of drug-likeness (QED) is 0.817. The molecule has 1 aromatic rings. The number of piperidine rings is 1. The zero-order chi connectivity index (χ0) is 14.0. The van der Waals surface area contributed by atoms with Gasteiger partial charge in [-0.15, -0.1) is 0 Å². The van der Waals surface area contributed by atoms with E-state index in [2.05, 4.69) is 50.5 Å². The van der Waals surface area contributed by atoms with Crippen LogP contribution in [0.3, 0.4) is 0 Å². The predicted molar refractivity (Wildman–Crippen MR) is 76.9 cm³/mol. The highest BCUT2D eigenvalue weighted by Gasteiger charge is 2.46. The van der Waals surface area contributed by atoms with Crippen LogP contribution < -0.4 is 10.2 Å². The lowest BCUT2D eigenvalue weighted by atomic mass is 9.71. The largest absolute Gasteiger partial charge is 0.346 e. The molecule has 0 bridgehead atoms. The minimum atomic E-state index is -0.216. The van der Waals surface area contributed by atoms with Crippen LogP contribution in [0.15, 0.2) is 30.3 Å². The lowest BCUT2D eigenvalue weighted by Gasteiger charge is -2.47. The summed E-state index contributed by atoms with van der Waals surface area (Å²) in [5.74, 6) is 0.484. The molecular formula is C16H25N2O+. The van der Waals surface area contributed by atoms with Crippen molar-refractivity contribution in [1.82, 2.24) is 5.32 Å². The normalized spacial score (nSPS) is 34.8. The maximum absolute atomic E-state index is 11.7. The molecule has 1 aliphatic heterocycles. The van der Waals surface area contributed by atoms with Gasteiger partial charge in [0.05, 0.1) is 25.2 Å². The number of carbonyl (C=O) groups is 1. The fourth-order valence-corrected chi connectivity index (χ4v) is 3.42. The highest BCUT2D eigenvalue weighted by Crippen LogP contribution is 2.35. The molecule has 2 N–H and O–H groups in total. The maximum Gasteiger partial charge on any atom is 0.217 e. The van der Waals surface area contributed by atoms with E-state index in [1.165, 1.54) is 5.56 Å². The van der Waals surface area contributed by atoms with Crippen LogP contribution in [-0.2, 0) is 10.3 Å². The van der Waals surface area contributed by atoms with Crippen LogP contribution in [0, 0.1) is 5.92 Å². The Morgan fingerprint density at radius 1 is 1.32 bits per heavy atom. The molecule has 104 valence electrons. The van der Waals surface area contributed by atoms with Crippen molar-refractivity contribution in [3.05, 3.63) is 35.9 Å².